The fraction of sp³-hybridized carbons (Fsp3) is 0.350. The molecule has 7 nitrogen and oxygen atoms in total. The number of ether oxygens (including phenoxy) is 2. The Kier molecular flexibility index (Phi) is 5.79. The van der Waals surface area contributed by atoms with E-state index in [0.29, 0.717) is 36.6 Å². The first-order chi connectivity index (χ1) is 13.3. The van der Waals surface area contributed by atoms with Crippen LogP contribution in [0.1, 0.15) is 22.8 Å². The summed E-state index contributed by atoms with van der Waals surface area (Å²) in [5, 5.41) is 2.82. The molecule has 0 saturated carbocycles. The van der Waals surface area contributed by atoms with Crippen molar-refractivity contribution in [3.05, 3.63) is 53.6 Å². The minimum absolute atomic E-state index is 0.152. The molecule has 3 rings (SSSR count). The number of hydrogen-bond donors (Lipinski definition) is 1. The summed E-state index contributed by atoms with van der Waals surface area (Å²) >= 11 is 0. The van der Waals surface area contributed by atoms with Crippen LogP contribution in [0.15, 0.2) is 42.5 Å². The van der Waals surface area contributed by atoms with Gasteiger partial charge in [0.05, 0.1) is 25.6 Å². The predicted octanol–water partition coefficient (Wildman–Crippen LogP) is 2.21. The van der Waals surface area contributed by atoms with Crippen LogP contribution >= 0.6 is 0 Å². The van der Waals surface area contributed by atoms with Gasteiger partial charge in [0, 0.05) is 11.6 Å². The standard InChI is InChI=1S/C20H24N2O5S/c1-14-12-16-13-15(4-9-19(16)22(14)28(3,24)25)20(23)21-10-11-27-18-7-5-17(26-2)6-8-18/h4-9,13-14H,10-12H2,1-3H3,(H,21,23)/t14-/m0/s1. The molecule has 1 aliphatic heterocycles. The van der Waals surface area contributed by atoms with Crippen LogP contribution in [-0.2, 0) is 16.4 Å². The lowest BCUT2D eigenvalue weighted by atomic mass is 10.1. The van der Waals surface area contributed by atoms with Crippen LogP contribution < -0.4 is 19.1 Å². The fourth-order valence-corrected chi connectivity index (χ4v) is 4.62. The van der Waals surface area contributed by atoms with Crippen molar-refractivity contribution in [2.24, 2.45) is 0 Å². The molecule has 8 heteroatoms. The van der Waals surface area contributed by atoms with Crippen LogP contribution in [0.4, 0.5) is 5.69 Å². The number of rotatable bonds is 7. The van der Waals surface area contributed by atoms with Crippen LogP contribution in [-0.4, -0.2) is 46.9 Å². The van der Waals surface area contributed by atoms with E-state index in [2.05, 4.69) is 5.32 Å². The summed E-state index contributed by atoms with van der Waals surface area (Å²) in [6.45, 7) is 2.55. The molecular weight excluding hydrogens is 380 g/mol. The summed E-state index contributed by atoms with van der Waals surface area (Å²) in [6.07, 6.45) is 1.78. The normalized spacial score (nSPS) is 15.8. The third-order valence-electron chi connectivity index (χ3n) is 4.57. The summed E-state index contributed by atoms with van der Waals surface area (Å²) in [5.41, 5.74) is 2.01. The maximum absolute atomic E-state index is 12.4. The summed E-state index contributed by atoms with van der Waals surface area (Å²) in [7, 11) is -1.74. The molecule has 1 atom stereocenters. The minimum Gasteiger partial charge on any atom is -0.497 e. The molecule has 0 spiro atoms. The number of anilines is 1. The van der Waals surface area contributed by atoms with Gasteiger partial charge in [0.15, 0.2) is 0 Å². The van der Waals surface area contributed by atoms with Gasteiger partial charge in [-0.2, -0.15) is 0 Å². The monoisotopic (exact) mass is 404 g/mol. The zero-order valence-corrected chi connectivity index (χ0v) is 17.0. The van der Waals surface area contributed by atoms with Crippen molar-refractivity contribution in [1.29, 1.82) is 0 Å². The summed E-state index contributed by atoms with van der Waals surface area (Å²) in [5.74, 6) is 1.23. The molecule has 0 aliphatic carbocycles. The van der Waals surface area contributed by atoms with Gasteiger partial charge < -0.3 is 14.8 Å². The number of amides is 1. The Labute approximate surface area is 165 Å². The Bertz CT molecular complexity index is 957. The average molecular weight is 404 g/mol. The van der Waals surface area contributed by atoms with E-state index in [1.807, 2.05) is 6.92 Å². The SMILES string of the molecule is COc1ccc(OCCNC(=O)c2ccc3c(c2)C[C@H](C)N3S(C)(=O)=O)cc1. The van der Waals surface area contributed by atoms with E-state index in [0.717, 1.165) is 11.3 Å². The molecule has 150 valence electrons. The lowest BCUT2D eigenvalue weighted by Crippen LogP contribution is -2.34. The number of benzene rings is 2. The molecule has 0 saturated heterocycles. The second kappa shape index (κ2) is 8.10. The first kappa shape index (κ1) is 20.0. The van der Waals surface area contributed by atoms with Gasteiger partial charge in [-0.15, -0.1) is 0 Å². The third kappa shape index (κ3) is 4.39. The lowest BCUT2D eigenvalue weighted by molar-refractivity contribution is 0.0947. The molecular formula is C20H24N2O5S. The van der Waals surface area contributed by atoms with E-state index in [-0.39, 0.29) is 11.9 Å². The van der Waals surface area contributed by atoms with Gasteiger partial charge in [0.1, 0.15) is 18.1 Å². The van der Waals surface area contributed by atoms with Gasteiger partial charge in [-0.25, -0.2) is 8.42 Å². The topological polar surface area (TPSA) is 84.9 Å². The molecule has 0 radical (unpaired) electrons. The lowest BCUT2D eigenvalue weighted by Gasteiger charge is -2.21. The van der Waals surface area contributed by atoms with Crippen molar-refractivity contribution in [1.82, 2.24) is 5.32 Å². The second-order valence-electron chi connectivity index (χ2n) is 6.74. The summed E-state index contributed by atoms with van der Waals surface area (Å²) < 4.78 is 36.0. The summed E-state index contributed by atoms with van der Waals surface area (Å²) in [4.78, 5) is 12.4. The highest BCUT2D eigenvalue weighted by Gasteiger charge is 2.32. The van der Waals surface area contributed by atoms with E-state index >= 15 is 0 Å². The van der Waals surface area contributed by atoms with Crippen molar-refractivity contribution in [3.8, 4) is 11.5 Å². The van der Waals surface area contributed by atoms with Crippen molar-refractivity contribution in [3.63, 3.8) is 0 Å². The fourth-order valence-electron chi connectivity index (χ4n) is 3.36. The largest absolute Gasteiger partial charge is 0.497 e. The van der Waals surface area contributed by atoms with Gasteiger partial charge in [-0.1, -0.05) is 0 Å². The highest BCUT2D eigenvalue weighted by molar-refractivity contribution is 7.92. The number of nitrogens with zero attached hydrogens (tertiary/aromatic N) is 1. The number of carbonyl (C=O) groups is 1. The highest BCUT2D eigenvalue weighted by atomic mass is 32.2. The van der Waals surface area contributed by atoms with Gasteiger partial charge >= 0.3 is 0 Å². The van der Waals surface area contributed by atoms with E-state index in [1.54, 1.807) is 49.6 Å². The Morgan fingerprint density at radius 1 is 1.18 bits per heavy atom. The first-order valence-corrected chi connectivity index (χ1v) is 10.8. The Hall–Kier alpha value is -2.74. The number of carbonyl (C=O) groups excluding carboxylic acids is 1. The minimum atomic E-state index is -3.34. The van der Waals surface area contributed by atoms with Crippen LogP contribution in [0.2, 0.25) is 0 Å². The molecule has 28 heavy (non-hydrogen) atoms. The van der Waals surface area contributed by atoms with Crippen LogP contribution in [0.5, 0.6) is 11.5 Å². The van der Waals surface area contributed by atoms with Crippen molar-refractivity contribution in [2.75, 3.05) is 30.8 Å². The quantitative estimate of drug-likeness (QED) is 0.716. The van der Waals surface area contributed by atoms with E-state index in [4.69, 9.17) is 9.47 Å². The Morgan fingerprint density at radius 2 is 1.86 bits per heavy atom. The van der Waals surface area contributed by atoms with E-state index in [1.165, 1.54) is 10.6 Å². The first-order valence-electron chi connectivity index (χ1n) is 8.97. The van der Waals surface area contributed by atoms with Crippen molar-refractivity contribution < 1.29 is 22.7 Å². The number of nitrogens with one attached hydrogen (secondary N) is 1. The van der Waals surface area contributed by atoms with Crippen LogP contribution in [0, 0.1) is 0 Å². The van der Waals surface area contributed by atoms with Gasteiger partial charge in [0.25, 0.3) is 5.91 Å². The highest BCUT2D eigenvalue weighted by Crippen LogP contribution is 2.34. The Morgan fingerprint density at radius 3 is 2.50 bits per heavy atom. The predicted molar refractivity (Wildman–Crippen MR) is 108 cm³/mol. The molecule has 1 heterocycles. The van der Waals surface area contributed by atoms with Gasteiger partial charge in [0.2, 0.25) is 10.0 Å². The molecule has 1 aliphatic rings. The molecule has 2 aromatic carbocycles. The van der Waals surface area contributed by atoms with E-state index in [9.17, 15) is 13.2 Å². The van der Waals surface area contributed by atoms with Crippen LogP contribution in [0.3, 0.4) is 0 Å². The number of methoxy groups -OCH3 is 1. The van der Waals surface area contributed by atoms with E-state index < -0.39 is 10.0 Å². The molecule has 1 amide bonds. The van der Waals surface area contributed by atoms with Crippen molar-refractivity contribution >= 4 is 21.6 Å². The van der Waals surface area contributed by atoms with Crippen molar-refractivity contribution in [2.45, 2.75) is 19.4 Å². The number of sulfonamides is 1. The maximum atomic E-state index is 12.4. The molecule has 0 bridgehead atoms. The average Bonchev–Trinajstić information content (AvgIpc) is 3.00. The van der Waals surface area contributed by atoms with Crippen LogP contribution in [0.25, 0.3) is 0 Å². The molecule has 0 unspecified atom stereocenters. The van der Waals surface area contributed by atoms with Gasteiger partial charge in [-0.05, 0) is 61.4 Å². The number of fused-ring (bicyclic) bond motifs is 1. The molecule has 1 N–H and O–H groups in total. The molecule has 2 aromatic rings. The Balaban J connectivity index is 1.56. The van der Waals surface area contributed by atoms with Gasteiger partial charge in [-0.3, -0.25) is 9.10 Å². The second-order valence-corrected chi connectivity index (χ2v) is 8.59. The zero-order chi connectivity index (χ0) is 20.3. The maximum Gasteiger partial charge on any atom is 0.251 e. The third-order valence-corrected chi connectivity index (χ3v) is 5.84. The zero-order valence-electron chi connectivity index (χ0n) is 16.1. The number of hydrogen-bond acceptors (Lipinski definition) is 5. The molecule has 0 fully saturated rings. The summed E-state index contributed by atoms with van der Waals surface area (Å²) in [6, 6.07) is 12.2. The smallest absolute Gasteiger partial charge is 0.251 e. The molecule has 0 aromatic heterocycles.